The van der Waals surface area contributed by atoms with E-state index in [1.165, 1.54) is 10.6 Å². The van der Waals surface area contributed by atoms with Crippen LogP contribution in [0.3, 0.4) is 0 Å². The molecule has 7 nitrogen and oxygen atoms in total. The molecular formula is C13H21N3O4S. The topological polar surface area (TPSA) is 82.9 Å². The molecule has 1 unspecified atom stereocenters. The van der Waals surface area contributed by atoms with Crippen LogP contribution in [-0.2, 0) is 16.4 Å². The smallest absolute Gasteiger partial charge is 0.317 e. The Morgan fingerprint density at radius 2 is 2.05 bits per heavy atom. The normalized spacial score (nSPS) is 18.5. The molecule has 2 amide bonds. The summed E-state index contributed by atoms with van der Waals surface area (Å²) in [5.41, 5.74) is 0. The molecule has 21 heavy (non-hydrogen) atoms. The van der Waals surface area contributed by atoms with E-state index in [0.29, 0.717) is 32.6 Å². The van der Waals surface area contributed by atoms with Gasteiger partial charge in [0.25, 0.3) is 0 Å². The van der Waals surface area contributed by atoms with E-state index < -0.39 is 10.0 Å². The number of piperazine rings is 1. The van der Waals surface area contributed by atoms with Gasteiger partial charge in [0.2, 0.25) is 10.0 Å². The summed E-state index contributed by atoms with van der Waals surface area (Å²) in [6.45, 7) is 3.42. The zero-order valence-corrected chi connectivity index (χ0v) is 13.1. The van der Waals surface area contributed by atoms with Crippen LogP contribution in [0.2, 0.25) is 0 Å². The Morgan fingerprint density at radius 1 is 1.38 bits per heavy atom. The minimum atomic E-state index is -3.17. The average Bonchev–Trinajstić information content (AvgIpc) is 2.90. The number of nitrogens with zero attached hydrogens (tertiary/aromatic N) is 2. The van der Waals surface area contributed by atoms with Crippen LogP contribution < -0.4 is 5.32 Å². The molecule has 0 saturated carbocycles. The van der Waals surface area contributed by atoms with Crippen molar-refractivity contribution in [1.29, 1.82) is 0 Å². The summed E-state index contributed by atoms with van der Waals surface area (Å²) >= 11 is 0. The third-order valence-corrected chi connectivity index (χ3v) is 4.76. The minimum absolute atomic E-state index is 0.0448. The summed E-state index contributed by atoms with van der Waals surface area (Å²) in [6, 6.07) is 3.47. The van der Waals surface area contributed by atoms with Gasteiger partial charge in [-0.2, -0.15) is 4.31 Å². The van der Waals surface area contributed by atoms with Crippen LogP contribution in [0, 0.1) is 0 Å². The zero-order chi connectivity index (χ0) is 15.5. The standard InChI is InChI=1S/C13H21N3O4S/c1-11(10-12-4-3-9-20-12)14-13(17)15-5-7-16(8-6-15)21(2,18)19/h3-4,9,11H,5-8,10H2,1-2H3,(H,14,17). The van der Waals surface area contributed by atoms with E-state index in [1.54, 1.807) is 11.2 Å². The summed E-state index contributed by atoms with van der Waals surface area (Å²) < 4.78 is 29.5. The predicted molar refractivity (Wildman–Crippen MR) is 78.4 cm³/mol. The number of carbonyl (C=O) groups is 1. The number of carbonyl (C=O) groups excluding carboxylic acids is 1. The van der Waals surface area contributed by atoms with E-state index >= 15 is 0 Å². The van der Waals surface area contributed by atoms with Crippen molar-refractivity contribution in [3.63, 3.8) is 0 Å². The molecule has 0 radical (unpaired) electrons. The maximum Gasteiger partial charge on any atom is 0.317 e. The van der Waals surface area contributed by atoms with Gasteiger partial charge in [-0.1, -0.05) is 0 Å². The molecule has 118 valence electrons. The van der Waals surface area contributed by atoms with Crippen molar-refractivity contribution in [2.45, 2.75) is 19.4 Å². The second-order valence-electron chi connectivity index (χ2n) is 5.28. The van der Waals surface area contributed by atoms with Gasteiger partial charge >= 0.3 is 6.03 Å². The van der Waals surface area contributed by atoms with Crippen LogP contribution in [0.4, 0.5) is 4.79 Å². The van der Waals surface area contributed by atoms with E-state index in [0.717, 1.165) is 5.76 Å². The highest BCUT2D eigenvalue weighted by Crippen LogP contribution is 2.08. The molecule has 2 heterocycles. The fourth-order valence-corrected chi connectivity index (χ4v) is 3.13. The molecule has 1 aromatic heterocycles. The Bertz CT molecular complexity index is 562. The van der Waals surface area contributed by atoms with E-state index in [9.17, 15) is 13.2 Å². The zero-order valence-electron chi connectivity index (χ0n) is 12.3. The lowest BCUT2D eigenvalue weighted by Gasteiger charge is -2.33. The fraction of sp³-hybridized carbons (Fsp3) is 0.615. The quantitative estimate of drug-likeness (QED) is 0.877. The van der Waals surface area contributed by atoms with Crippen molar-refractivity contribution < 1.29 is 17.6 Å². The maximum absolute atomic E-state index is 12.1. The molecule has 0 spiro atoms. The van der Waals surface area contributed by atoms with Crippen LogP contribution >= 0.6 is 0 Å². The second-order valence-corrected chi connectivity index (χ2v) is 7.27. The van der Waals surface area contributed by atoms with Gasteiger partial charge < -0.3 is 14.6 Å². The van der Waals surface area contributed by atoms with Crippen molar-refractivity contribution in [3.8, 4) is 0 Å². The fourth-order valence-electron chi connectivity index (χ4n) is 2.31. The van der Waals surface area contributed by atoms with Gasteiger partial charge in [0.05, 0.1) is 12.5 Å². The SMILES string of the molecule is CC(Cc1ccco1)NC(=O)N1CCN(S(C)(=O)=O)CC1. The second kappa shape index (κ2) is 6.48. The van der Waals surface area contributed by atoms with E-state index in [-0.39, 0.29) is 12.1 Å². The average molecular weight is 315 g/mol. The van der Waals surface area contributed by atoms with Crippen molar-refractivity contribution in [1.82, 2.24) is 14.5 Å². The van der Waals surface area contributed by atoms with Gasteiger partial charge in [-0.25, -0.2) is 13.2 Å². The molecule has 8 heteroatoms. The first-order chi connectivity index (χ1) is 9.86. The highest BCUT2D eigenvalue weighted by atomic mass is 32.2. The van der Waals surface area contributed by atoms with Crippen LogP contribution in [0.5, 0.6) is 0 Å². The third kappa shape index (κ3) is 4.47. The molecule has 0 aromatic carbocycles. The minimum Gasteiger partial charge on any atom is -0.469 e. The molecule has 1 aromatic rings. The van der Waals surface area contributed by atoms with Crippen LogP contribution in [0.15, 0.2) is 22.8 Å². The largest absolute Gasteiger partial charge is 0.469 e. The van der Waals surface area contributed by atoms with Crippen LogP contribution in [-0.4, -0.2) is 62.1 Å². The number of hydrogen-bond donors (Lipinski definition) is 1. The number of urea groups is 1. The molecule has 1 aliphatic rings. The number of nitrogens with one attached hydrogen (secondary N) is 1. The maximum atomic E-state index is 12.1. The lowest BCUT2D eigenvalue weighted by molar-refractivity contribution is 0.169. The lowest BCUT2D eigenvalue weighted by Crippen LogP contribution is -2.54. The molecule has 1 aliphatic heterocycles. The highest BCUT2D eigenvalue weighted by Gasteiger charge is 2.26. The van der Waals surface area contributed by atoms with Gasteiger partial charge in [0.15, 0.2) is 0 Å². The Morgan fingerprint density at radius 3 is 2.57 bits per heavy atom. The van der Waals surface area contributed by atoms with Crippen LogP contribution in [0.25, 0.3) is 0 Å². The first-order valence-corrected chi connectivity index (χ1v) is 8.74. The summed E-state index contributed by atoms with van der Waals surface area (Å²) in [4.78, 5) is 13.7. The summed E-state index contributed by atoms with van der Waals surface area (Å²) in [7, 11) is -3.17. The molecule has 1 saturated heterocycles. The monoisotopic (exact) mass is 315 g/mol. The number of amides is 2. The van der Waals surface area contributed by atoms with Crippen molar-refractivity contribution >= 4 is 16.1 Å². The van der Waals surface area contributed by atoms with Gasteiger partial charge in [-0.05, 0) is 19.1 Å². The highest BCUT2D eigenvalue weighted by molar-refractivity contribution is 7.88. The molecule has 1 atom stereocenters. The third-order valence-electron chi connectivity index (χ3n) is 3.45. The van der Waals surface area contributed by atoms with E-state index in [4.69, 9.17) is 4.42 Å². The summed E-state index contributed by atoms with van der Waals surface area (Å²) in [6.07, 6.45) is 3.42. The molecule has 0 aliphatic carbocycles. The molecule has 1 N–H and O–H groups in total. The predicted octanol–water partition coefficient (Wildman–Crippen LogP) is 0.497. The first kappa shape index (κ1) is 15.8. The summed E-state index contributed by atoms with van der Waals surface area (Å²) in [5, 5.41) is 2.90. The summed E-state index contributed by atoms with van der Waals surface area (Å²) in [5.74, 6) is 0.824. The number of furan rings is 1. The van der Waals surface area contributed by atoms with Crippen molar-refractivity contribution in [2.24, 2.45) is 0 Å². The van der Waals surface area contributed by atoms with Gasteiger partial charge in [-0.15, -0.1) is 0 Å². The van der Waals surface area contributed by atoms with Gasteiger partial charge in [-0.3, -0.25) is 0 Å². The Balaban J connectivity index is 1.79. The van der Waals surface area contributed by atoms with Gasteiger partial charge in [0.1, 0.15) is 5.76 Å². The first-order valence-electron chi connectivity index (χ1n) is 6.89. The molecule has 1 fully saturated rings. The van der Waals surface area contributed by atoms with Crippen molar-refractivity contribution in [2.75, 3.05) is 32.4 Å². The lowest BCUT2D eigenvalue weighted by atomic mass is 10.2. The Labute approximate surface area is 124 Å². The van der Waals surface area contributed by atoms with Gasteiger partial charge in [0, 0.05) is 38.6 Å². The number of sulfonamides is 1. The van der Waals surface area contributed by atoms with E-state index in [2.05, 4.69) is 5.32 Å². The van der Waals surface area contributed by atoms with E-state index in [1.807, 2.05) is 19.1 Å². The Hall–Kier alpha value is -1.54. The Kier molecular flexibility index (Phi) is 4.89. The molecular weight excluding hydrogens is 294 g/mol. The molecule has 2 rings (SSSR count). The number of rotatable bonds is 4. The van der Waals surface area contributed by atoms with Crippen molar-refractivity contribution in [3.05, 3.63) is 24.2 Å². The number of hydrogen-bond acceptors (Lipinski definition) is 4. The molecule has 0 bridgehead atoms. The van der Waals surface area contributed by atoms with Crippen LogP contribution in [0.1, 0.15) is 12.7 Å².